The maximum Gasteiger partial charge on any atom is 0.123 e. The van der Waals surface area contributed by atoms with E-state index in [2.05, 4.69) is 17.2 Å². The van der Waals surface area contributed by atoms with Crippen LogP contribution in [0.3, 0.4) is 0 Å². The molecule has 100 valence electrons. The minimum absolute atomic E-state index is 0.147. The highest BCUT2D eigenvalue weighted by Crippen LogP contribution is 2.22. The van der Waals surface area contributed by atoms with Gasteiger partial charge in [-0.2, -0.15) is 0 Å². The smallest absolute Gasteiger partial charge is 0.123 e. The zero-order valence-corrected chi connectivity index (χ0v) is 11.6. The van der Waals surface area contributed by atoms with Gasteiger partial charge in [-0.15, -0.1) is 0 Å². The second kappa shape index (κ2) is 5.93. The summed E-state index contributed by atoms with van der Waals surface area (Å²) in [4.78, 5) is 4.18. The highest BCUT2D eigenvalue weighted by molar-refractivity contribution is 5.31. The molecule has 1 N–H and O–H groups in total. The van der Waals surface area contributed by atoms with Crippen molar-refractivity contribution in [1.82, 2.24) is 10.3 Å². The molecule has 3 heteroatoms. The molecule has 19 heavy (non-hydrogen) atoms. The molecule has 0 aliphatic rings. The molecule has 2 rings (SSSR count). The van der Waals surface area contributed by atoms with Crippen molar-refractivity contribution in [2.24, 2.45) is 0 Å². The molecule has 0 fully saturated rings. The van der Waals surface area contributed by atoms with E-state index >= 15 is 0 Å². The molecule has 0 saturated carbocycles. The number of pyridine rings is 1. The number of likely N-dealkylation sites (N-methyl/N-ethyl adjacent to an activating group) is 1. The molecule has 0 saturated heterocycles. The van der Waals surface area contributed by atoms with Crippen LogP contribution in [0.15, 0.2) is 36.7 Å². The molecule has 0 aliphatic heterocycles. The van der Waals surface area contributed by atoms with E-state index in [-0.39, 0.29) is 11.9 Å². The number of halogens is 1. The first-order valence-corrected chi connectivity index (χ1v) is 6.44. The molecule has 2 aromatic rings. The number of aromatic nitrogens is 1. The molecule has 0 amide bonds. The van der Waals surface area contributed by atoms with Crippen LogP contribution in [0.2, 0.25) is 0 Å². The number of nitrogens with zero attached hydrogens (tertiary/aromatic N) is 1. The summed E-state index contributed by atoms with van der Waals surface area (Å²) in [5, 5.41) is 3.29. The predicted octanol–water partition coefficient (Wildman–Crippen LogP) is 3.34. The van der Waals surface area contributed by atoms with E-state index in [0.29, 0.717) is 0 Å². The largest absolute Gasteiger partial charge is 0.313 e. The lowest BCUT2D eigenvalue weighted by atomic mass is 9.95. The molecular formula is C16H19FN2. The molecule has 1 atom stereocenters. The third-order valence-corrected chi connectivity index (χ3v) is 3.54. The number of hydrogen-bond donors (Lipinski definition) is 1. The van der Waals surface area contributed by atoms with Gasteiger partial charge in [0, 0.05) is 18.4 Å². The Balaban J connectivity index is 2.29. The minimum Gasteiger partial charge on any atom is -0.313 e. The van der Waals surface area contributed by atoms with Gasteiger partial charge >= 0.3 is 0 Å². The number of aryl methyl sites for hydroxylation is 2. The average Bonchev–Trinajstić information content (AvgIpc) is 2.41. The van der Waals surface area contributed by atoms with Crippen molar-refractivity contribution in [3.05, 3.63) is 64.7 Å². The van der Waals surface area contributed by atoms with Gasteiger partial charge < -0.3 is 5.32 Å². The molecule has 1 unspecified atom stereocenters. The normalized spacial score (nSPS) is 12.4. The van der Waals surface area contributed by atoms with Crippen LogP contribution in [-0.4, -0.2) is 12.0 Å². The molecule has 0 aliphatic carbocycles. The third-order valence-electron chi connectivity index (χ3n) is 3.54. The van der Waals surface area contributed by atoms with Gasteiger partial charge in [0.15, 0.2) is 0 Å². The van der Waals surface area contributed by atoms with E-state index in [9.17, 15) is 4.39 Å². The fourth-order valence-corrected chi connectivity index (χ4v) is 2.29. The minimum atomic E-state index is -0.182. The zero-order valence-electron chi connectivity index (χ0n) is 11.6. The molecular weight excluding hydrogens is 239 g/mol. The van der Waals surface area contributed by atoms with Crippen LogP contribution >= 0.6 is 0 Å². The van der Waals surface area contributed by atoms with Crippen molar-refractivity contribution in [2.75, 3.05) is 7.05 Å². The summed E-state index contributed by atoms with van der Waals surface area (Å²) < 4.78 is 13.4. The van der Waals surface area contributed by atoms with E-state index in [1.165, 1.54) is 11.6 Å². The Hall–Kier alpha value is -1.74. The maximum atomic E-state index is 13.4. The molecule has 1 aromatic heterocycles. The van der Waals surface area contributed by atoms with Crippen LogP contribution in [-0.2, 0) is 6.42 Å². The lowest BCUT2D eigenvalue weighted by molar-refractivity contribution is 0.578. The van der Waals surface area contributed by atoms with Gasteiger partial charge in [0.05, 0.1) is 0 Å². The molecule has 0 spiro atoms. The summed E-state index contributed by atoms with van der Waals surface area (Å²) >= 11 is 0. The Morgan fingerprint density at radius 2 is 2.00 bits per heavy atom. The summed E-state index contributed by atoms with van der Waals surface area (Å²) in [6.45, 7) is 4.08. The fraction of sp³-hybridized carbons (Fsp3) is 0.312. The van der Waals surface area contributed by atoms with Crippen LogP contribution in [0.5, 0.6) is 0 Å². The van der Waals surface area contributed by atoms with Crippen LogP contribution in [0.25, 0.3) is 0 Å². The van der Waals surface area contributed by atoms with Gasteiger partial charge in [0.1, 0.15) is 5.82 Å². The van der Waals surface area contributed by atoms with Crippen LogP contribution < -0.4 is 5.32 Å². The predicted molar refractivity (Wildman–Crippen MR) is 75.6 cm³/mol. The molecule has 2 nitrogen and oxygen atoms in total. The van der Waals surface area contributed by atoms with Gasteiger partial charge in [-0.3, -0.25) is 4.98 Å². The Morgan fingerprint density at radius 3 is 2.68 bits per heavy atom. The summed E-state index contributed by atoms with van der Waals surface area (Å²) in [5.41, 5.74) is 4.50. The first-order chi connectivity index (χ1) is 9.11. The average molecular weight is 258 g/mol. The highest BCUT2D eigenvalue weighted by Gasteiger charge is 2.14. The van der Waals surface area contributed by atoms with Crippen LogP contribution in [0.4, 0.5) is 4.39 Å². The number of hydrogen-bond acceptors (Lipinski definition) is 2. The van der Waals surface area contributed by atoms with Gasteiger partial charge in [-0.25, -0.2) is 4.39 Å². The Bertz CT molecular complexity index is 566. The summed E-state index contributed by atoms with van der Waals surface area (Å²) in [6.07, 6.45) is 4.43. The summed E-state index contributed by atoms with van der Waals surface area (Å²) in [7, 11) is 1.92. The van der Waals surface area contributed by atoms with E-state index in [1.807, 2.05) is 32.3 Å². The van der Waals surface area contributed by atoms with E-state index in [0.717, 1.165) is 23.1 Å². The molecule has 1 aromatic carbocycles. The van der Waals surface area contributed by atoms with Gasteiger partial charge in [-0.1, -0.05) is 6.07 Å². The van der Waals surface area contributed by atoms with Crippen LogP contribution in [0, 0.1) is 19.7 Å². The first-order valence-electron chi connectivity index (χ1n) is 6.44. The summed E-state index contributed by atoms with van der Waals surface area (Å²) in [5.74, 6) is -0.182. The Labute approximate surface area is 113 Å². The van der Waals surface area contributed by atoms with Crippen molar-refractivity contribution in [3.63, 3.8) is 0 Å². The fourth-order valence-electron chi connectivity index (χ4n) is 2.29. The van der Waals surface area contributed by atoms with Crippen molar-refractivity contribution in [3.8, 4) is 0 Å². The number of benzene rings is 1. The van der Waals surface area contributed by atoms with E-state index < -0.39 is 0 Å². The van der Waals surface area contributed by atoms with Crippen molar-refractivity contribution in [1.29, 1.82) is 0 Å². The van der Waals surface area contributed by atoms with Gasteiger partial charge in [0.25, 0.3) is 0 Å². The first kappa shape index (κ1) is 13.7. The summed E-state index contributed by atoms with van der Waals surface area (Å²) in [6, 6.07) is 7.09. The second-order valence-corrected chi connectivity index (χ2v) is 4.85. The topological polar surface area (TPSA) is 24.9 Å². The van der Waals surface area contributed by atoms with Gasteiger partial charge in [-0.05, 0) is 67.8 Å². The van der Waals surface area contributed by atoms with E-state index in [4.69, 9.17) is 0 Å². The molecule has 0 radical (unpaired) electrons. The lowest BCUT2D eigenvalue weighted by Crippen LogP contribution is -2.20. The van der Waals surface area contributed by atoms with Gasteiger partial charge in [0.2, 0.25) is 0 Å². The quantitative estimate of drug-likeness (QED) is 0.909. The van der Waals surface area contributed by atoms with Crippen LogP contribution in [0.1, 0.15) is 28.3 Å². The zero-order chi connectivity index (χ0) is 13.8. The number of rotatable bonds is 4. The maximum absolute atomic E-state index is 13.4. The monoisotopic (exact) mass is 258 g/mol. The Morgan fingerprint density at radius 1 is 1.21 bits per heavy atom. The third kappa shape index (κ3) is 3.18. The van der Waals surface area contributed by atoms with Crippen molar-refractivity contribution < 1.29 is 4.39 Å². The second-order valence-electron chi connectivity index (χ2n) is 4.85. The lowest BCUT2D eigenvalue weighted by Gasteiger charge is -2.19. The van der Waals surface area contributed by atoms with Crippen molar-refractivity contribution in [2.45, 2.75) is 26.3 Å². The highest BCUT2D eigenvalue weighted by atomic mass is 19.1. The van der Waals surface area contributed by atoms with E-state index in [1.54, 1.807) is 12.3 Å². The standard InChI is InChI=1S/C16H19FN2/c1-11-4-5-14(17)8-13(11)9-16(18-3)15-10-19-7-6-12(15)2/h4-8,10,16,18H,9H2,1-3H3. The SMILES string of the molecule is CNC(Cc1cc(F)ccc1C)c1cnccc1C. The van der Waals surface area contributed by atoms with Crippen molar-refractivity contribution >= 4 is 0 Å². The molecule has 0 bridgehead atoms. The number of nitrogens with one attached hydrogen (secondary N) is 1. The molecule has 1 heterocycles. The Kier molecular flexibility index (Phi) is 4.27.